The van der Waals surface area contributed by atoms with Gasteiger partial charge in [0.25, 0.3) is 0 Å². The largest absolute Gasteiger partial charge is 0.394 e. The Balaban J connectivity index is 2.86. The van der Waals surface area contributed by atoms with Crippen molar-refractivity contribution >= 4 is 35.8 Å². The van der Waals surface area contributed by atoms with Crippen molar-refractivity contribution in [1.82, 2.24) is 0 Å². The average Bonchev–Trinajstić information content (AvgIpc) is 2.65. The molecule has 0 saturated carbocycles. The first kappa shape index (κ1) is 22.5. The molecule has 1 rings (SSSR count). The highest BCUT2D eigenvalue weighted by atomic mass is 17.2. The van der Waals surface area contributed by atoms with Crippen LogP contribution >= 0.6 is 0 Å². The zero-order valence-corrected chi connectivity index (χ0v) is 13.7. The van der Waals surface area contributed by atoms with Gasteiger partial charge in [0.15, 0.2) is 5.60 Å². The Hall–Kier alpha value is -3.56. The van der Waals surface area contributed by atoms with Crippen LogP contribution in [0.2, 0.25) is 0 Å². The summed E-state index contributed by atoms with van der Waals surface area (Å²) in [6.45, 7) is -0.836. The van der Waals surface area contributed by atoms with Crippen LogP contribution in [0, 0.1) is 0 Å². The standard InChI is InChI=1S/C13H13NO14/c14-6(5-15)11(20)27-26-10(19)4-13(22)3-9(18)25-23-7(16)1-2-8(17)24-28-12(13)21/h1-2,6,15,22H,3-5,14H2/b2-1-. The van der Waals surface area contributed by atoms with Gasteiger partial charge in [0, 0.05) is 12.2 Å². The highest BCUT2D eigenvalue weighted by molar-refractivity contribution is 5.93. The topological polar surface area (TPSA) is 224 Å². The van der Waals surface area contributed by atoms with Crippen LogP contribution in [0.25, 0.3) is 0 Å². The van der Waals surface area contributed by atoms with Gasteiger partial charge in [0.05, 0.1) is 19.4 Å². The fourth-order valence-corrected chi connectivity index (χ4v) is 1.40. The molecule has 0 fully saturated rings. The molecule has 0 aromatic heterocycles. The highest BCUT2D eigenvalue weighted by Gasteiger charge is 2.46. The maximum absolute atomic E-state index is 11.9. The van der Waals surface area contributed by atoms with Gasteiger partial charge >= 0.3 is 35.8 Å². The molecule has 0 aromatic carbocycles. The quantitative estimate of drug-likeness (QED) is 0.302. The summed E-state index contributed by atoms with van der Waals surface area (Å²) >= 11 is 0. The lowest BCUT2D eigenvalue weighted by atomic mass is 9.96. The van der Waals surface area contributed by atoms with Crippen molar-refractivity contribution in [2.45, 2.75) is 24.5 Å². The molecular weight excluding hydrogens is 394 g/mol. The zero-order chi connectivity index (χ0) is 21.3. The number of nitrogens with two attached hydrogens (primary N) is 1. The molecule has 0 bridgehead atoms. The van der Waals surface area contributed by atoms with Crippen molar-refractivity contribution in [3.63, 3.8) is 0 Å². The van der Waals surface area contributed by atoms with Crippen LogP contribution in [0.5, 0.6) is 0 Å². The Kier molecular flexibility index (Phi) is 7.99. The molecule has 15 nitrogen and oxygen atoms in total. The third-order valence-electron chi connectivity index (χ3n) is 2.74. The van der Waals surface area contributed by atoms with E-state index in [9.17, 15) is 33.9 Å². The number of rotatable bonds is 4. The van der Waals surface area contributed by atoms with E-state index >= 15 is 0 Å². The fourth-order valence-electron chi connectivity index (χ4n) is 1.40. The first-order chi connectivity index (χ1) is 13.1. The Morgan fingerprint density at radius 1 is 1.07 bits per heavy atom. The van der Waals surface area contributed by atoms with Gasteiger partial charge < -0.3 is 15.9 Å². The van der Waals surface area contributed by atoms with E-state index in [-0.39, 0.29) is 0 Å². The summed E-state index contributed by atoms with van der Waals surface area (Å²) in [5.74, 6) is -8.99. The van der Waals surface area contributed by atoms with E-state index in [4.69, 9.17) is 10.8 Å². The van der Waals surface area contributed by atoms with Gasteiger partial charge in [-0.05, 0) is 0 Å². The molecule has 0 amide bonds. The summed E-state index contributed by atoms with van der Waals surface area (Å²) in [7, 11) is 0. The van der Waals surface area contributed by atoms with Crippen molar-refractivity contribution in [2.75, 3.05) is 6.61 Å². The lowest BCUT2D eigenvalue weighted by Gasteiger charge is -2.22. The summed E-state index contributed by atoms with van der Waals surface area (Å²) in [5.41, 5.74) is 2.03. The third kappa shape index (κ3) is 6.98. The number of carbonyl (C=O) groups is 6. The van der Waals surface area contributed by atoms with Crippen molar-refractivity contribution in [2.24, 2.45) is 5.73 Å². The van der Waals surface area contributed by atoms with Gasteiger partial charge in [-0.1, -0.05) is 0 Å². The minimum atomic E-state index is -3.05. The van der Waals surface area contributed by atoms with Crippen molar-refractivity contribution in [1.29, 1.82) is 0 Å². The Labute approximate surface area is 154 Å². The van der Waals surface area contributed by atoms with Crippen LogP contribution < -0.4 is 5.73 Å². The SMILES string of the molecule is NC(CO)C(=O)OOC(=O)CC1(O)CC(=O)OOC(=O)/C=C\C(=O)OOC1=O. The lowest BCUT2D eigenvalue weighted by molar-refractivity contribution is -0.277. The van der Waals surface area contributed by atoms with Crippen LogP contribution in [0.4, 0.5) is 0 Å². The predicted octanol–water partition coefficient (Wildman–Crippen LogP) is -3.61. The van der Waals surface area contributed by atoms with Crippen molar-refractivity contribution in [3.05, 3.63) is 12.2 Å². The molecule has 0 saturated heterocycles. The molecule has 154 valence electrons. The molecule has 1 aliphatic heterocycles. The first-order valence-electron chi connectivity index (χ1n) is 7.09. The molecule has 0 aromatic rings. The maximum Gasteiger partial charge on any atom is 0.387 e. The zero-order valence-electron chi connectivity index (χ0n) is 13.7. The van der Waals surface area contributed by atoms with E-state index in [1.165, 1.54) is 0 Å². The van der Waals surface area contributed by atoms with E-state index in [1.54, 1.807) is 0 Å². The number of aliphatic hydroxyl groups is 2. The summed E-state index contributed by atoms with van der Waals surface area (Å²) in [4.78, 5) is 92.4. The lowest BCUT2D eigenvalue weighted by Crippen LogP contribution is -2.45. The predicted molar refractivity (Wildman–Crippen MR) is 74.9 cm³/mol. The van der Waals surface area contributed by atoms with Crippen LogP contribution in [-0.2, 0) is 58.1 Å². The molecule has 28 heavy (non-hydrogen) atoms. The summed E-state index contributed by atoms with van der Waals surface area (Å²) in [6.07, 6.45) is -1.80. The Morgan fingerprint density at radius 2 is 1.64 bits per heavy atom. The van der Waals surface area contributed by atoms with Gasteiger partial charge in [-0.3, -0.25) is 0 Å². The van der Waals surface area contributed by atoms with Gasteiger partial charge in [-0.2, -0.15) is 0 Å². The second kappa shape index (κ2) is 9.95. The van der Waals surface area contributed by atoms with E-state index in [0.29, 0.717) is 12.2 Å². The van der Waals surface area contributed by atoms with Crippen LogP contribution in [0.3, 0.4) is 0 Å². The fraction of sp³-hybridized carbons (Fsp3) is 0.385. The first-order valence-corrected chi connectivity index (χ1v) is 7.09. The minimum absolute atomic E-state index is 0.433. The van der Waals surface area contributed by atoms with Gasteiger partial charge in [0.1, 0.15) is 6.04 Å². The van der Waals surface area contributed by atoms with Gasteiger partial charge in [0.2, 0.25) is 0 Å². The monoisotopic (exact) mass is 407 g/mol. The summed E-state index contributed by atoms with van der Waals surface area (Å²) in [5, 5.41) is 18.8. The molecule has 2 unspecified atom stereocenters. The summed E-state index contributed by atoms with van der Waals surface area (Å²) < 4.78 is 0. The molecule has 1 heterocycles. The number of aliphatic hydroxyl groups excluding tert-OH is 1. The second-order valence-electron chi connectivity index (χ2n) is 5.00. The number of carbonyl (C=O) groups excluding carboxylic acids is 6. The highest BCUT2D eigenvalue weighted by Crippen LogP contribution is 2.20. The molecule has 1 aliphatic rings. The molecule has 0 radical (unpaired) electrons. The Bertz CT molecular complexity index is 699. The van der Waals surface area contributed by atoms with Crippen molar-refractivity contribution < 1.29 is 68.3 Å². The molecular formula is C13H13NO14. The molecule has 2 atom stereocenters. The molecule has 0 spiro atoms. The van der Waals surface area contributed by atoms with E-state index < -0.39 is 66.9 Å². The molecule has 0 aliphatic carbocycles. The van der Waals surface area contributed by atoms with E-state index in [1.807, 2.05) is 0 Å². The van der Waals surface area contributed by atoms with Gasteiger partial charge in [-0.15, -0.1) is 0 Å². The van der Waals surface area contributed by atoms with Crippen LogP contribution in [-0.4, -0.2) is 64.3 Å². The average molecular weight is 407 g/mol. The Morgan fingerprint density at radius 3 is 2.21 bits per heavy atom. The number of hydrogen-bond donors (Lipinski definition) is 3. The van der Waals surface area contributed by atoms with Crippen LogP contribution in [0.1, 0.15) is 12.8 Å². The molecule has 4 N–H and O–H groups in total. The molecule has 15 heteroatoms. The van der Waals surface area contributed by atoms with Crippen LogP contribution in [0.15, 0.2) is 12.2 Å². The number of hydrogen-bond acceptors (Lipinski definition) is 15. The minimum Gasteiger partial charge on any atom is -0.394 e. The van der Waals surface area contributed by atoms with E-state index in [2.05, 4.69) is 29.3 Å². The van der Waals surface area contributed by atoms with E-state index in [0.717, 1.165) is 0 Å². The maximum atomic E-state index is 11.9. The normalized spacial score (nSPS) is 22.8. The van der Waals surface area contributed by atoms with Gasteiger partial charge in [-0.25, -0.2) is 58.1 Å². The smallest absolute Gasteiger partial charge is 0.387 e. The third-order valence-corrected chi connectivity index (χ3v) is 2.74. The summed E-state index contributed by atoms with van der Waals surface area (Å²) in [6, 6.07) is -1.54. The van der Waals surface area contributed by atoms with Crippen molar-refractivity contribution in [3.8, 4) is 0 Å². The second-order valence-corrected chi connectivity index (χ2v) is 5.00.